The molecule has 1 heterocycles. The second kappa shape index (κ2) is 9.20. The summed E-state index contributed by atoms with van der Waals surface area (Å²) in [6, 6.07) is 15.0. The smallest absolute Gasteiger partial charge is 0.250 e. The molecule has 3 N–H and O–H groups in total. The minimum Gasteiger partial charge on any atom is -0.332 e. The second-order valence-corrected chi connectivity index (χ2v) is 7.23. The van der Waals surface area contributed by atoms with Crippen LogP contribution in [0, 0.1) is 0 Å². The van der Waals surface area contributed by atoms with Gasteiger partial charge in [-0.15, -0.1) is 0 Å². The molecule has 142 valence electrons. The molecule has 3 aromatic rings. The van der Waals surface area contributed by atoms with E-state index < -0.39 is 0 Å². The molecule has 0 saturated heterocycles. The number of hydrogen-bond donors (Lipinski definition) is 3. The van der Waals surface area contributed by atoms with Gasteiger partial charge < -0.3 is 10.6 Å². The quantitative estimate of drug-likeness (QED) is 0.434. The largest absolute Gasteiger partial charge is 0.332 e. The number of amides is 2. The molecule has 0 bridgehead atoms. The van der Waals surface area contributed by atoms with Gasteiger partial charge >= 0.3 is 0 Å². The topological polar surface area (TPSA) is 83.1 Å². The summed E-state index contributed by atoms with van der Waals surface area (Å²) in [4.78, 5) is 27.9. The summed E-state index contributed by atoms with van der Waals surface area (Å²) in [6.07, 6.45) is 3.54. The molecule has 0 atom stereocenters. The van der Waals surface area contributed by atoms with E-state index in [1.807, 2.05) is 48.5 Å². The minimum atomic E-state index is -0.315. The van der Waals surface area contributed by atoms with Crippen molar-refractivity contribution in [3.8, 4) is 0 Å². The zero-order valence-corrected chi connectivity index (χ0v) is 16.7. The molecule has 0 aliphatic carbocycles. The molecule has 3 rings (SSSR count). The van der Waals surface area contributed by atoms with Crippen LogP contribution in [-0.2, 0) is 9.59 Å². The Kier molecular flexibility index (Phi) is 6.46. The Bertz CT molecular complexity index is 1040. The van der Waals surface area contributed by atoms with Gasteiger partial charge in [0.2, 0.25) is 11.8 Å². The van der Waals surface area contributed by atoms with Crippen molar-refractivity contribution in [2.45, 2.75) is 13.3 Å². The number of nitrogens with one attached hydrogen (secondary N) is 3. The molecule has 0 aliphatic heterocycles. The summed E-state index contributed by atoms with van der Waals surface area (Å²) < 4.78 is 0.898. The predicted molar refractivity (Wildman–Crippen MR) is 118 cm³/mol. The second-order valence-electron chi connectivity index (χ2n) is 5.79. The van der Waals surface area contributed by atoms with Gasteiger partial charge in [0.25, 0.3) is 0 Å². The fourth-order valence-corrected chi connectivity index (χ4v) is 3.46. The highest BCUT2D eigenvalue weighted by Gasteiger charge is 2.08. The van der Waals surface area contributed by atoms with Crippen molar-refractivity contribution in [1.29, 1.82) is 0 Å². The lowest BCUT2D eigenvalue weighted by molar-refractivity contribution is -0.116. The highest BCUT2D eigenvalue weighted by Crippen LogP contribution is 2.28. The average Bonchev–Trinajstić information content (AvgIpc) is 3.08. The first-order valence-electron chi connectivity index (χ1n) is 8.59. The van der Waals surface area contributed by atoms with E-state index in [0.29, 0.717) is 11.6 Å². The van der Waals surface area contributed by atoms with Crippen LogP contribution in [0.15, 0.2) is 54.6 Å². The fraction of sp³-hybridized carbons (Fsp3) is 0.100. The van der Waals surface area contributed by atoms with Crippen molar-refractivity contribution in [2.75, 3.05) is 10.6 Å². The SMILES string of the molecule is CCC(=O)Nc1nc2ccc(NC(=S)NC(=O)C=Cc3ccccc3)cc2s1. The Morgan fingerprint density at radius 2 is 1.93 bits per heavy atom. The van der Waals surface area contributed by atoms with Crippen LogP contribution < -0.4 is 16.0 Å². The number of rotatable bonds is 5. The van der Waals surface area contributed by atoms with Crippen molar-refractivity contribution < 1.29 is 9.59 Å². The first-order chi connectivity index (χ1) is 13.5. The molecule has 6 nitrogen and oxygen atoms in total. The molecule has 8 heteroatoms. The molecule has 0 aliphatic rings. The predicted octanol–water partition coefficient (Wildman–Crippen LogP) is 4.17. The van der Waals surface area contributed by atoms with Crippen molar-refractivity contribution in [1.82, 2.24) is 10.3 Å². The van der Waals surface area contributed by atoms with Crippen LogP contribution in [0.3, 0.4) is 0 Å². The zero-order chi connectivity index (χ0) is 19.9. The van der Waals surface area contributed by atoms with E-state index in [1.54, 1.807) is 13.0 Å². The summed E-state index contributed by atoms with van der Waals surface area (Å²) in [5.41, 5.74) is 2.43. The standard InChI is InChI=1S/C20H18N4O2S2/c1-2-17(25)24-20-22-15-10-9-14(12-16(15)28-20)21-19(27)23-18(26)11-8-13-6-4-3-5-7-13/h3-12H,2H2,1H3,(H,22,24,25)(H2,21,23,26,27). The van der Waals surface area contributed by atoms with Gasteiger partial charge in [0.15, 0.2) is 10.2 Å². The maximum Gasteiger partial charge on any atom is 0.250 e. The number of thiazole rings is 1. The first kappa shape index (κ1) is 19.7. The van der Waals surface area contributed by atoms with Crippen molar-refractivity contribution in [2.24, 2.45) is 0 Å². The number of hydrogen-bond acceptors (Lipinski definition) is 5. The van der Waals surface area contributed by atoms with Gasteiger partial charge in [0, 0.05) is 18.2 Å². The lowest BCUT2D eigenvalue weighted by Gasteiger charge is -2.07. The van der Waals surface area contributed by atoms with Gasteiger partial charge in [-0.25, -0.2) is 4.98 Å². The van der Waals surface area contributed by atoms with Crippen LogP contribution in [0.1, 0.15) is 18.9 Å². The van der Waals surface area contributed by atoms with Crippen LogP contribution in [0.25, 0.3) is 16.3 Å². The number of carbonyl (C=O) groups excluding carboxylic acids is 2. The molecule has 0 spiro atoms. The van der Waals surface area contributed by atoms with E-state index in [9.17, 15) is 9.59 Å². The Labute approximate surface area is 171 Å². The summed E-state index contributed by atoms with van der Waals surface area (Å²) in [7, 11) is 0. The Balaban J connectivity index is 1.60. The van der Waals surface area contributed by atoms with Gasteiger partial charge in [-0.05, 0) is 42.1 Å². The van der Waals surface area contributed by atoms with Crippen LogP contribution >= 0.6 is 23.6 Å². The fourth-order valence-electron chi connectivity index (χ4n) is 2.32. The van der Waals surface area contributed by atoms with E-state index >= 15 is 0 Å². The molecule has 1 aromatic heterocycles. The van der Waals surface area contributed by atoms with Gasteiger partial charge in [0.05, 0.1) is 10.2 Å². The van der Waals surface area contributed by atoms with Crippen LogP contribution in [-0.4, -0.2) is 21.9 Å². The van der Waals surface area contributed by atoms with Crippen molar-refractivity contribution >= 4 is 67.6 Å². The number of aromatic nitrogens is 1. The average molecular weight is 411 g/mol. The van der Waals surface area contributed by atoms with Gasteiger partial charge in [-0.3, -0.25) is 14.9 Å². The number of thiocarbonyl (C=S) groups is 1. The van der Waals surface area contributed by atoms with Crippen LogP contribution in [0.2, 0.25) is 0 Å². The maximum atomic E-state index is 12.0. The number of anilines is 2. The van der Waals surface area contributed by atoms with Gasteiger partial charge in [-0.2, -0.15) is 0 Å². The van der Waals surface area contributed by atoms with Gasteiger partial charge in [0.1, 0.15) is 0 Å². The molecule has 2 aromatic carbocycles. The highest BCUT2D eigenvalue weighted by molar-refractivity contribution is 7.80. The van der Waals surface area contributed by atoms with Crippen LogP contribution in [0.5, 0.6) is 0 Å². The van der Waals surface area contributed by atoms with E-state index in [1.165, 1.54) is 17.4 Å². The zero-order valence-electron chi connectivity index (χ0n) is 15.1. The van der Waals surface area contributed by atoms with E-state index in [2.05, 4.69) is 20.9 Å². The van der Waals surface area contributed by atoms with E-state index in [0.717, 1.165) is 21.5 Å². The third-order valence-corrected chi connectivity index (χ3v) is 4.81. The van der Waals surface area contributed by atoms with E-state index in [4.69, 9.17) is 12.2 Å². The normalized spacial score (nSPS) is 10.8. The molecule has 0 saturated carbocycles. The summed E-state index contributed by atoms with van der Waals surface area (Å²) in [5.74, 6) is -0.394. The number of carbonyl (C=O) groups is 2. The molecule has 0 fully saturated rings. The Morgan fingerprint density at radius 1 is 1.14 bits per heavy atom. The Hall–Kier alpha value is -3.10. The van der Waals surface area contributed by atoms with Gasteiger partial charge in [-0.1, -0.05) is 48.6 Å². The number of fused-ring (bicyclic) bond motifs is 1. The molecular formula is C20H18N4O2S2. The molecule has 0 unspecified atom stereocenters. The summed E-state index contributed by atoms with van der Waals surface area (Å²) in [5, 5.41) is 9.10. The third-order valence-electron chi connectivity index (χ3n) is 3.68. The molecular weight excluding hydrogens is 392 g/mol. The van der Waals surface area contributed by atoms with Crippen LogP contribution in [0.4, 0.5) is 10.8 Å². The van der Waals surface area contributed by atoms with Crippen molar-refractivity contribution in [3.63, 3.8) is 0 Å². The number of nitrogens with zero attached hydrogens (tertiary/aromatic N) is 1. The monoisotopic (exact) mass is 410 g/mol. The maximum absolute atomic E-state index is 12.0. The Morgan fingerprint density at radius 3 is 2.68 bits per heavy atom. The summed E-state index contributed by atoms with van der Waals surface area (Å²) >= 11 is 6.57. The molecule has 2 amide bonds. The highest BCUT2D eigenvalue weighted by atomic mass is 32.1. The lowest BCUT2D eigenvalue weighted by atomic mass is 10.2. The lowest BCUT2D eigenvalue weighted by Crippen LogP contribution is -2.32. The molecule has 0 radical (unpaired) electrons. The molecule has 28 heavy (non-hydrogen) atoms. The number of benzene rings is 2. The first-order valence-corrected chi connectivity index (χ1v) is 9.81. The van der Waals surface area contributed by atoms with E-state index in [-0.39, 0.29) is 16.9 Å². The van der Waals surface area contributed by atoms with Crippen molar-refractivity contribution in [3.05, 3.63) is 60.2 Å². The summed E-state index contributed by atoms with van der Waals surface area (Å²) in [6.45, 7) is 1.79. The minimum absolute atomic E-state index is 0.0788. The third kappa shape index (κ3) is 5.45.